The van der Waals surface area contributed by atoms with Gasteiger partial charge in [-0.15, -0.1) is 0 Å². The third-order valence-electron chi connectivity index (χ3n) is 3.99. The third-order valence-corrected chi connectivity index (χ3v) is 3.99. The largest absolute Gasteiger partial charge is 0.507 e. The quantitative estimate of drug-likeness (QED) is 0.628. The number of phenolic OH excluding ortho intramolecular Hbond substituents is 2. The van der Waals surface area contributed by atoms with Crippen LogP contribution in [0.3, 0.4) is 0 Å². The minimum atomic E-state index is -0.490. The molecule has 0 saturated carbocycles. The van der Waals surface area contributed by atoms with Gasteiger partial charge in [-0.05, 0) is 30.7 Å². The van der Waals surface area contributed by atoms with Gasteiger partial charge in [0.25, 0.3) is 5.91 Å². The van der Waals surface area contributed by atoms with Crippen molar-refractivity contribution in [2.75, 3.05) is 6.54 Å². The lowest BCUT2D eigenvalue weighted by Crippen LogP contribution is -2.25. The maximum Gasteiger partial charge on any atom is 0.258 e. The van der Waals surface area contributed by atoms with Crippen LogP contribution in [0.15, 0.2) is 42.5 Å². The highest BCUT2D eigenvalue weighted by atomic mass is 16.3. The molecule has 0 aliphatic rings. The van der Waals surface area contributed by atoms with Gasteiger partial charge in [0.05, 0.1) is 11.0 Å². The molecule has 0 saturated heterocycles. The van der Waals surface area contributed by atoms with Crippen molar-refractivity contribution in [3.8, 4) is 11.5 Å². The van der Waals surface area contributed by atoms with Crippen molar-refractivity contribution in [1.82, 2.24) is 14.9 Å². The number of carbonyl (C=O) groups excluding carboxylic acids is 1. The van der Waals surface area contributed by atoms with Crippen molar-refractivity contribution in [2.45, 2.75) is 12.8 Å². The normalized spacial score (nSPS) is 10.9. The van der Waals surface area contributed by atoms with Gasteiger partial charge in [-0.2, -0.15) is 0 Å². The summed E-state index contributed by atoms with van der Waals surface area (Å²) in [6, 6.07) is 12.1. The summed E-state index contributed by atoms with van der Waals surface area (Å²) in [4.78, 5) is 16.6. The number of amides is 1. The molecule has 124 valence electrons. The van der Waals surface area contributed by atoms with Crippen molar-refractivity contribution in [2.24, 2.45) is 7.05 Å². The molecule has 0 radical (unpaired) electrons. The molecule has 0 fully saturated rings. The fourth-order valence-corrected chi connectivity index (χ4v) is 2.72. The Morgan fingerprint density at radius 3 is 2.54 bits per heavy atom. The number of rotatable bonds is 5. The average Bonchev–Trinajstić information content (AvgIpc) is 2.88. The number of aryl methyl sites for hydroxylation is 2. The summed E-state index contributed by atoms with van der Waals surface area (Å²) in [6.45, 7) is 0.426. The molecule has 1 amide bonds. The van der Waals surface area contributed by atoms with E-state index in [9.17, 15) is 15.0 Å². The number of nitrogens with zero attached hydrogens (tertiary/aromatic N) is 2. The molecule has 3 N–H and O–H groups in total. The Hall–Kier alpha value is -3.02. The number of aromatic nitrogens is 2. The molecule has 6 nitrogen and oxygen atoms in total. The Bertz CT molecular complexity index is 866. The van der Waals surface area contributed by atoms with E-state index in [1.54, 1.807) is 0 Å². The fraction of sp³-hybridized carbons (Fsp3) is 0.222. The van der Waals surface area contributed by atoms with E-state index in [4.69, 9.17) is 0 Å². The summed E-state index contributed by atoms with van der Waals surface area (Å²) in [5, 5.41) is 22.1. The second-order valence-corrected chi connectivity index (χ2v) is 5.61. The average molecular weight is 325 g/mol. The molecule has 24 heavy (non-hydrogen) atoms. The van der Waals surface area contributed by atoms with Gasteiger partial charge < -0.3 is 20.1 Å². The van der Waals surface area contributed by atoms with Crippen LogP contribution in [-0.2, 0) is 13.5 Å². The molecule has 0 atom stereocenters. The minimum Gasteiger partial charge on any atom is -0.507 e. The predicted octanol–water partition coefficient (Wildman–Crippen LogP) is 2.35. The maximum atomic E-state index is 12.1. The van der Waals surface area contributed by atoms with E-state index in [0.717, 1.165) is 23.3 Å². The zero-order chi connectivity index (χ0) is 17.1. The van der Waals surface area contributed by atoms with Crippen LogP contribution in [-0.4, -0.2) is 32.2 Å². The SMILES string of the molecule is Cn1c(CCCNC(=O)c2c(O)cccc2O)nc2ccccc21. The van der Waals surface area contributed by atoms with Crippen LogP contribution in [0.4, 0.5) is 0 Å². The second kappa shape index (κ2) is 6.62. The Morgan fingerprint density at radius 1 is 1.12 bits per heavy atom. The van der Waals surface area contributed by atoms with E-state index in [1.807, 2.05) is 35.9 Å². The van der Waals surface area contributed by atoms with E-state index < -0.39 is 5.91 Å². The van der Waals surface area contributed by atoms with Gasteiger partial charge in [-0.3, -0.25) is 4.79 Å². The first-order valence-electron chi connectivity index (χ1n) is 7.77. The molecule has 3 aromatic rings. The van der Waals surface area contributed by atoms with E-state index in [-0.39, 0.29) is 17.1 Å². The van der Waals surface area contributed by atoms with E-state index >= 15 is 0 Å². The van der Waals surface area contributed by atoms with E-state index in [1.165, 1.54) is 18.2 Å². The summed E-state index contributed by atoms with van der Waals surface area (Å²) < 4.78 is 2.05. The number of imidazole rings is 1. The van der Waals surface area contributed by atoms with Crippen LogP contribution >= 0.6 is 0 Å². The van der Waals surface area contributed by atoms with Crippen molar-refractivity contribution < 1.29 is 15.0 Å². The Balaban J connectivity index is 1.59. The summed E-state index contributed by atoms with van der Waals surface area (Å²) in [7, 11) is 1.98. The molecule has 2 aromatic carbocycles. The van der Waals surface area contributed by atoms with Crippen molar-refractivity contribution in [3.63, 3.8) is 0 Å². The second-order valence-electron chi connectivity index (χ2n) is 5.61. The zero-order valence-corrected chi connectivity index (χ0v) is 13.4. The molecule has 1 aromatic heterocycles. The topological polar surface area (TPSA) is 87.4 Å². The first-order chi connectivity index (χ1) is 11.6. The molecule has 1 heterocycles. The number of para-hydroxylation sites is 2. The summed E-state index contributed by atoms with van der Waals surface area (Å²) in [5.41, 5.74) is 1.94. The van der Waals surface area contributed by atoms with Crippen LogP contribution < -0.4 is 5.32 Å². The molecule has 3 rings (SSSR count). The molecule has 0 bridgehead atoms. The van der Waals surface area contributed by atoms with Gasteiger partial charge in [-0.25, -0.2) is 4.98 Å². The van der Waals surface area contributed by atoms with Gasteiger partial charge in [0.1, 0.15) is 22.9 Å². The molecule has 6 heteroatoms. The fourth-order valence-electron chi connectivity index (χ4n) is 2.72. The van der Waals surface area contributed by atoms with E-state index in [0.29, 0.717) is 13.0 Å². The number of fused-ring (bicyclic) bond motifs is 1. The Kier molecular flexibility index (Phi) is 4.37. The van der Waals surface area contributed by atoms with Gasteiger partial charge in [0.2, 0.25) is 0 Å². The van der Waals surface area contributed by atoms with Gasteiger partial charge in [0.15, 0.2) is 0 Å². The van der Waals surface area contributed by atoms with Gasteiger partial charge in [-0.1, -0.05) is 18.2 Å². The number of hydrogen-bond acceptors (Lipinski definition) is 4. The van der Waals surface area contributed by atoms with Crippen LogP contribution in [0.2, 0.25) is 0 Å². The lowest BCUT2D eigenvalue weighted by atomic mass is 10.1. The lowest BCUT2D eigenvalue weighted by molar-refractivity contribution is 0.0947. The smallest absolute Gasteiger partial charge is 0.258 e. The van der Waals surface area contributed by atoms with Crippen molar-refractivity contribution >= 4 is 16.9 Å². The third kappa shape index (κ3) is 3.03. The number of aromatic hydroxyl groups is 2. The monoisotopic (exact) mass is 325 g/mol. The molecule has 0 aliphatic carbocycles. The maximum absolute atomic E-state index is 12.1. The number of hydrogen-bond donors (Lipinski definition) is 3. The Labute approximate surface area is 139 Å². The number of benzene rings is 2. The number of phenols is 2. The summed E-state index contributed by atoms with van der Waals surface area (Å²) in [6.07, 6.45) is 1.43. The lowest BCUT2D eigenvalue weighted by Gasteiger charge is -2.08. The highest BCUT2D eigenvalue weighted by Crippen LogP contribution is 2.25. The molecular formula is C18H19N3O3. The van der Waals surface area contributed by atoms with Crippen LogP contribution in [0, 0.1) is 0 Å². The first kappa shape index (κ1) is 15.9. The van der Waals surface area contributed by atoms with Gasteiger partial charge >= 0.3 is 0 Å². The number of carbonyl (C=O) groups is 1. The highest BCUT2D eigenvalue weighted by molar-refractivity contribution is 5.99. The van der Waals surface area contributed by atoms with Crippen molar-refractivity contribution in [1.29, 1.82) is 0 Å². The molecule has 0 aliphatic heterocycles. The first-order valence-corrected chi connectivity index (χ1v) is 7.77. The molecular weight excluding hydrogens is 306 g/mol. The van der Waals surface area contributed by atoms with Crippen LogP contribution in [0.25, 0.3) is 11.0 Å². The standard InChI is InChI=1S/C18H19N3O3/c1-21-13-7-3-2-6-12(13)20-16(21)10-5-11-19-18(24)17-14(22)8-4-9-15(17)23/h2-4,6-9,22-23H,5,10-11H2,1H3,(H,19,24). The van der Waals surface area contributed by atoms with E-state index in [2.05, 4.69) is 10.3 Å². The number of nitrogens with one attached hydrogen (secondary N) is 1. The molecule has 0 unspecified atom stereocenters. The molecule has 0 spiro atoms. The zero-order valence-electron chi connectivity index (χ0n) is 13.4. The summed E-state index contributed by atoms with van der Waals surface area (Å²) in [5.74, 6) is -0.00263. The summed E-state index contributed by atoms with van der Waals surface area (Å²) >= 11 is 0. The van der Waals surface area contributed by atoms with Gasteiger partial charge in [0, 0.05) is 20.0 Å². The minimum absolute atomic E-state index is 0.0970. The predicted molar refractivity (Wildman–Crippen MR) is 91.1 cm³/mol. The highest BCUT2D eigenvalue weighted by Gasteiger charge is 2.15. The van der Waals surface area contributed by atoms with Crippen LogP contribution in [0.1, 0.15) is 22.6 Å². The Morgan fingerprint density at radius 2 is 1.83 bits per heavy atom. The van der Waals surface area contributed by atoms with Crippen molar-refractivity contribution in [3.05, 3.63) is 53.9 Å². The van der Waals surface area contributed by atoms with Crippen LogP contribution in [0.5, 0.6) is 11.5 Å².